The molecule has 0 aromatic heterocycles. The van der Waals surface area contributed by atoms with Crippen LogP contribution in [0.5, 0.6) is 0 Å². The number of hydrogen-bond acceptors (Lipinski definition) is 4. The number of amides is 2. The summed E-state index contributed by atoms with van der Waals surface area (Å²) in [6, 6.07) is 7.81. The van der Waals surface area contributed by atoms with E-state index in [9.17, 15) is 9.59 Å². The first-order chi connectivity index (χ1) is 9.43. The van der Waals surface area contributed by atoms with Crippen molar-refractivity contribution in [1.82, 2.24) is 5.32 Å². The Morgan fingerprint density at radius 3 is 2.40 bits per heavy atom. The van der Waals surface area contributed by atoms with Crippen molar-refractivity contribution in [2.45, 2.75) is 19.9 Å². The molecule has 6 heteroatoms. The van der Waals surface area contributed by atoms with Gasteiger partial charge in [0.2, 0.25) is 11.8 Å². The molecule has 0 unspecified atom stereocenters. The summed E-state index contributed by atoms with van der Waals surface area (Å²) in [7, 11) is 0. The van der Waals surface area contributed by atoms with Gasteiger partial charge in [0.15, 0.2) is 0 Å². The fourth-order valence-electron chi connectivity index (χ4n) is 1.42. The van der Waals surface area contributed by atoms with E-state index in [-0.39, 0.29) is 24.3 Å². The third-order valence-corrected chi connectivity index (χ3v) is 2.74. The molecule has 0 aliphatic rings. The molecule has 0 radical (unpaired) electrons. The summed E-state index contributed by atoms with van der Waals surface area (Å²) in [5.74, 6) is -0.689. The third-order valence-electron chi connectivity index (χ3n) is 2.74. The molecule has 0 fully saturated rings. The number of benzene rings is 1. The van der Waals surface area contributed by atoms with Crippen LogP contribution in [-0.2, 0) is 9.59 Å². The van der Waals surface area contributed by atoms with Crippen molar-refractivity contribution in [1.29, 1.82) is 5.26 Å². The smallest absolute Gasteiger partial charge is 0.243 e. The van der Waals surface area contributed by atoms with Crippen LogP contribution in [0.2, 0.25) is 0 Å². The molecule has 0 bridgehead atoms. The predicted octanol–water partition coefficient (Wildman–Crippen LogP) is 0.596. The second kappa shape index (κ2) is 7.26. The normalized spacial score (nSPS) is 11.6. The van der Waals surface area contributed by atoms with Crippen LogP contribution in [0.25, 0.3) is 0 Å². The SMILES string of the molecule is CC(C)[C@H](N)C(=O)NCC(=O)Nc1ccc(C#N)cc1. The van der Waals surface area contributed by atoms with Crippen molar-refractivity contribution < 1.29 is 9.59 Å². The molecule has 0 saturated carbocycles. The van der Waals surface area contributed by atoms with Gasteiger partial charge in [-0.15, -0.1) is 0 Å². The molecule has 1 rings (SSSR count). The average molecular weight is 274 g/mol. The van der Waals surface area contributed by atoms with E-state index < -0.39 is 6.04 Å². The summed E-state index contributed by atoms with van der Waals surface area (Å²) in [6.07, 6.45) is 0. The molecule has 106 valence electrons. The summed E-state index contributed by atoms with van der Waals surface area (Å²) < 4.78 is 0. The molecule has 0 spiro atoms. The van der Waals surface area contributed by atoms with E-state index in [0.717, 1.165) is 0 Å². The van der Waals surface area contributed by atoms with Crippen LogP contribution in [-0.4, -0.2) is 24.4 Å². The van der Waals surface area contributed by atoms with Gasteiger partial charge in [0, 0.05) is 5.69 Å². The molecule has 6 nitrogen and oxygen atoms in total. The third kappa shape index (κ3) is 4.71. The van der Waals surface area contributed by atoms with Crippen molar-refractivity contribution in [2.75, 3.05) is 11.9 Å². The molecule has 0 aliphatic carbocycles. The average Bonchev–Trinajstić information content (AvgIpc) is 2.44. The molecule has 0 heterocycles. The molecule has 4 N–H and O–H groups in total. The van der Waals surface area contributed by atoms with Gasteiger partial charge in [-0.05, 0) is 30.2 Å². The number of carbonyl (C=O) groups is 2. The van der Waals surface area contributed by atoms with Gasteiger partial charge in [-0.25, -0.2) is 0 Å². The van der Waals surface area contributed by atoms with Crippen molar-refractivity contribution in [3.63, 3.8) is 0 Å². The highest BCUT2D eigenvalue weighted by Gasteiger charge is 2.17. The Morgan fingerprint density at radius 2 is 1.90 bits per heavy atom. The van der Waals surface area contributed by atoms with Gasteiger partial charge < -0.3 is 16.4 Å². The summed E-state index contributed by atoms with van der Waals surface area (Å²) in [5.41, 5.74) is 6.74. The van der Waals surface area contributed by atoms with E-state index in [2.05, 4.69) is 10.6 Å². The fraction of sp³-hybridized carbons (Fsp3) is 0.357. The van der Waals surface area contributed by atoms with Crippen LogP contribution in [0.4, 0.5) is 5.69 Å². The highest BCUT2D eigenvalue weighted by Crippen LogP contribution is 2.08. The highest BCUT2D eigenvalue weighted by atomic mass is 16.2. The first kappa shape index (κ1) is 15.7. The molecule has 20 heavy (non-hydrogen) atoms. The van der Waals surface area contributed by atoms with Crippen LogP contribution < -0.4 is 16.4 Å². The Morgan fingerprint density at radius 1 is 1.30 bits per heavy atom. The standard InChI is InChI=1S/C14H18N4O2/c1-9(2)13(16)14(20)17-8-12(19)18-11-5-3-10(7-15)4-6-11/h3-6,9,13H,8,16H2,1-2H3,(H,17,20)(H,18,19)/t13-/m0/s1. The van der Waals surface area contributed by atoms with E-state index in [1.54, 1.807) is 24.3 Å². The topological polar surface area (TPSA) is 108 Å². The molecular weight excluding hydrogens is 256 g/mol. The van der Waals surface area contributed by atoms with Crippen LogP contribution in [0.15, 0.2) is 24.3 Å². The van der Waals surface area contributed by atoms with Gasteiger partial charge in [-0.3, -0.25) is 9.59 Å². The number of carbonyl (C=O) groups excluding carboxylic acids is 2. The molecule has 1 atom stereocenters. The summed E-state index contributed by atoms with van der Waals surface area (Å²) in [4.78, 5) is 23.2. The lowest BCUT2D eigenvalue weighted by Crippen LogP contribution is -2.46. The number of nitrogens with zero attached hydrogens (tertiary/aromatic N) is 1. The maximum absolute atomic E-state index is 11.6. The van der Waals surface area contributed by atoms with Crippen molar-refractivity contribution in [3.8, 4) is 6.07 Å². The Hall–Kier alpha value is -2.39. The first-order valence-corrected chi connectivity index (χ1v) is 6.27. The largest absolute Gasteiger partial charge is 0.346 e. The highest BCUT2D eigenvalue weighted by molar-refractivity contribution is 5.95. The van der Waals surface area contributed by atoms with E-state index in [0.29, 0.717) is 11.3 Å². The first-order valence-electron chi connectivity index (χ1n) is 6.27. The summed E-state index contributed by atoms with van der Waals surface area (Å²) in [6.45, 7) is 3.53. The van der Waals surface area contributed by atoms with E-state index >= 15 is 0 Å². The minimum absolute atomic E-state index is 0.0107. The van der Waals surface area contributed by atoms with Crippen molar-refractivity contribution >= 4 is 17.5 Å². The van der Waals surface area contributed by atoms with E-state index in [4.69, 9.17) is 11.0 Å². The van der Waals surface area contributed by atoms with Gasteiger partial charge in [0.1, 0.15) is 0 Å². The summed E-state index contributed by atoms with van der Waals surface area (Å²) in [5, 5.41) is 13.7. The number of hydrogen-bond donors (Lipinski definition) is 3. The van der Waals surface area contributed by atoms with Crippen LogP contribution in [0.3, 0.4) is 0 Å². The molecular formula is C14H18N4O2. The van der Waals surface area contributed by atoms with Gasteiger partial charge in [-0.2, -0.15) is 5.26 Å². The Kier molecular flexibility index (Phi) is 5.69. The Balaban J connectivity index is 2.44. The number of anilines is 1. The van der Waals surface area contributed by atoms with E-state index in [1.165, 1.54) is 0 Å². The summed E-state index contributed by atoms with van der Waals surface area (Å²) >= 11 is 0. The second-order valence-corrected chi connectivity index (χ2v) is 4.72. The van der Waals surface area contributed by atoms with Gasteiger partial charge in [0.25, 0.3) is 0 Å². The maximum Gasteiger partial charge on any atom is 0.243 e. The predicted molar refractivity (Wildman–Crippen MR) is 75.6 cm³/mol. The monoisotopic (exact) mass is 274 g/mol. The zero-order valence-corrected chi connectivity index (χ0v) is 11.5. The number of nitrogens with two attached hydrogens (primary N) is 1. The Labute approximate surface area is 118 Å². The number of nitrogens with one attached hydrogen (secondary N) is 2. The van der Waals surface area contributed by atoms with Gasteiger partial charge in [0.05, 0.1) is 24.2 Å². The number of rotatable bonds is 5. The molecule has 0 aliphatic heterocycles. The van der Waals surface area contributed by atoms with Gasteiger partial charge in [-0.1, -0.05) is 13.8 Å². The van der Waals surface area contributed by atoms with E-state index in [1.807, 2.05) is 19.9 Å². The lowest BCUT2D eigenvalue weighted by atomic mass is 10.1. The quantitative estimate of drug-likeness (QED) is 0.730. The molecule has 1 aromatic carbocycles. The minimum atomic E-state index is -0.627. The van der Waals surface area contributed by atoms with Crippen LogP contribution in [0, 0.1) is 17.2 Å². The van der Waals surface area contributed by atoms with Crippen molar-refractivity contribution in [3.05, 3.63) is 29.8 Å². The fourth-order valence-corrected chi connectivity index (χ4v) is 1.42. The molecule has 1 aromatic rings. The van der Waals surface area contributed by atoms with Crippen molar-refractivity contribution in [2.24, 2.45) is 11.7 Å². The van der Waals surface area contributed by atoms with Gasteiger partial charge >= 0.3 is 0 Å². The lowest BCUT2D eigenvalue weighted by molar-refractivity contribution is -0.125. The number of nitriles is 1. The lowest BCUT2D eigenvalue weighted by Gasteiger charge is -2.15. The van der Waals surface area contributed by atoms with Crippen LogP contribution in [0.1, 0.15) is 19.4 Å². The zero-order chi connectivity index (χ0) is 15.1. The minimum Gasteiger partial charge on any atom is -0.346 e. The van der Waals surface area contributed by atoms with Crippen LogP contribution >= 0.6 is 0 Å². The second-order valence-electron chi connectivity index (χ2n) is 4.72. The Bertz CT molecular complexity index is 517. The molecule has 0 saturated heterocycles. The maximum atomic E-state index is 11.6. The molecule has 2 amide bonds. The zero-order valence-electron chi connectivity index (χ0n) is 11.5.